The number of sulfonamides is 1. The van der Waals surface area contributed by atoms with Crippen molar-refractivity contribution in [3.05, 3.63) is 102 Å². The van der Waals surface area contributed by atoms with Crippen LogP contribution >= 0.6 is 0 Å². The lowest BCUT2D eigenvalue weighted by Crippen LogP contribution is -2.49. The summed E-state index contributed by atoms with van der Waals surface area (Å²) in [4.78, 5) is 19.5. The van der Waals surface area contributed by atoms with E-state index in [1.165, 1.54) is 7.11 Å². The number of hydrogen-bond acceptors (Lipinski definition) is 5. The van der Waals surface area contributed by atoms with E-state index < -0.39 is 28.1 Å². The topological polar surface area (TPSA) is 116 Å². The van der Waals surface area contributed by atoms with E-state index in [2.05, 4.69) is 20.0 Å². The van der Waals surface area contributed by atoms with Crippen molar-refractivity contribution in [2.75, 3.05) is 13.7 Å². The number of nitrogens with one attached hydrogen (secondary N) is 4. The van der Waals surface area contributed by atoms with Gasteiger partial charge in [-0.05, 0) is 48.7 Å². The van der Waals surface area contributed by atoms with Gasteiger partial charge in [0.25, 0.3) is 0 Å². The second-order valence-electron chi connectivity index (χ2n) is 9.74. The first-order valence-electron chi connectivity index (χ1n) is 12.8. The lowest BCUT2D eigenvalue weighted by molar-refractivity contribution is -0.143. The lowest BCUT2D eigenvalue weighted by atomic mass is 10.0. The molecule has 4 N–H and O–H groups in total. The first kappa shape index (κ1) is 26.7. The monoisotopic (exact) mass is 544 g/mol. The Balaban J connectivity index is 1.40. The zero-order valence-electron chi connectivity index (χ0n) is 21.9. The van der Waals surface area contributed by atoms with Crippen LogP contribution in [-0.2, 0) is 32.4 Å². The van der Waals surface area contributed by atoms with Gasteiger partial charge in [0, 0.05) is 53.2 Å². The van der Waals surface area contributed by atoms with E-state index >= 15 is 0 Å². The fraction of sp³-hybridized carbons (Fsp3) is 0.233. The second-order valence-corrected chi connectivity index (χ2v) is 11.5. The molecule has 5 aromatic rings. The molecule has 5 rings (SSSR count). The second kappa shape index (κ2) is 11.4. The van der Waals surface area contributed by atoms with Crippen LogP contribution in [0.3, 0.4) is 0 Å². The number of carbonyl (C=O) groups is 1. The molecule has 0 saturated heterocycles. The van der Waals surface area contributed by atoms with E-state index in [1.54, 1.807) is 24.3 Å². The zero-order valence-corrected chi connectivity index (χ0v) is 22.7. The number of rotatable bonds is 11. The smallest absolute Gasteiger partial charge is 0.323 e. The third kappa shape index (κ3) is 6.06. The van der Waals surface area contributed by atoms with Gasteiger partial charge in [0.1, 0.15) is 6.04 Å². The number of H-pyrrole nitrogens is 2. The van der Waals surface area contributed by atoms with Crippen molar-refractivity contribution in [3.8, 4) is 0 Å². The molecule has 2 aromatic heterocycles. The van der Waals surface area contributed by atoms with Crippen molar-refractivity contribution in [1.29, 1.82) is 0 Å². The number of aromatic amines is 2. The Labute approximate surface area is 227 Å². The summed E-state index contributed by atoms with van der Waals surface area (Å²) in [5.41, 5.74) is 4.90. The third-order valence-electron chi connectivity index (χ3n) is 6.99. The molecule has 0 fully saturated rings. The van der Waals surface area contributed by atoms with Gasteiger partial charge in [-0.3, -0.25) is 4.79 Å². The van der Waals surface area contributed by atoms with E-state index in [0.717, 1.165) is 38.5 Å². The Morgan fingerprint density at radius 2 is 1.41 bits per heavy atom. The Bertz CT molecular complexity index is 1690. The minimum atomic E-state index is -3.81. The van der Waals surface area contributed by atoms with Gasteiger partial charge in [-0.1, -0.05) is 54.1 Å². The highest BCUT2D eigenvalue weighted by Gasteiger charge is 2.26. The van der Waals surface area contributed by atoms with E-state index in [1.807, 2.05) is 67.8 Å². The Hall–Kier alpha value is -3.92. The Morgan fingerprint density at radius 3 is 2.00 bits per heavy atom. The fourth-order valence-corrected chi connectivity index (χ4v) is 6.15. The van der Waals surface area contributed by atoms with Crippen molar-refractivity contribution in [1.82, 2.24) is 20.0 Å². The summed E-state index contributed by atoms with van der Waals surface area (Å²) < 4.78 is 34.6. The molecule has 0 spiro atoms. The molecule has 0 aliphatic heterocycles. The summed E-state index contributed by atoms with van der Waals surface area (Å²) >= 11 is 0. The zero-order chi connectivity index (χ0) is 27.4. The van der Waals surface area contributed by atoms with E-state index in [4.69, 9.17) is 4.74 Å². The number of aromatic nitrogens is 2. The highest BCUT2D eigenvalue weighted by atomic mass is 32.2. The maximum Gasteiger partial charge on any atom is 0.323 e. The molecular weight excluding hydrogens is 512 g/mol. The predicted molar refractivity (Wildman–Crippen MR) is 153 cm³/mol. The van der Waals surface area contributed by atoms with Crippen LogP contribution in [0.2, 0.25) is 0 Å². The number of esters is 1. The Morgan fingerprint density at radius 1 is 0.846 bits per heavy atom. The molecule has 0 aliphatic rings. The summed E-state index contributed by atoms with van der Waals surface area (Å²) in [6.07, 6.45) is 4.61. The number of benzene rings is 3. The number of fused-ring (bicyclic) bond motifs is 2. The first-order chi connectivity index (χ1) is 18.8. The number of carbonyl (C=O) groups excluding carboxylic acids is 1. The van der Waals surface area contributed by atoms with Gasteiger partial charge < -0.3 is 20.0 Å². The molecule has 9 heteroatoms. The average Bonchev–Trinajstić information content (AvgIpc) is 3.54. The highest BCUT2D eigenvalue weighted by molar-refractivity contribution is 7.89. The summed E-state index contributed by atoms with van der Waals surface area (Å²) in [6.45, 7) is 2.13. The van der Waals surface area contributed by atoms with Crippen LogP contribution in [0, 0.1) is 6.92 Å². The SMILES string of the molecule is COC(=O)[C@H](Cc1c[nH]c2ccccc12)NC[C@H](Cc1c[nH]c2ccccc12)NS(=O)(=O)c1ccc(C)cc1. The molecule has 0 amide bonds. The fourth-order valence-electron chi connectivity index (χ4n) is 4.91. The normalized spacial score (nSPS) is 13.5. The van der Waals surface area contributed by atoms with Gasteiger partial charge in [-0.25, -0.2) is 13.1 Å². The number of hydrogen-bond donors (Lipinski definition) is 4. The van der Waals surface area contributed by atoms with Gasteiger partial charge in [0.05, 0.1) is 12.0 Å². The number of methoxy groups -OCH3 is 1. The van der Waals surface area contributed by atoms with Gasteiger partial charge in [0.2, 0.25) is 10.0 Å². The van der Waals surface area contributed by atoms with Gasteiger partial charge in [0.15, 0.2) is 0 Å². The van der Waals surface area contributed by atoms with Crippen LogP contribution in [0.1, 0.15) is 16.7 Å². The van der Waals surface area contributed by atoms with E-state index in [9.17, 15) is 13.2 Å². The van der Waals surface area contributed by atoms with Crippen LogP contribution < -0.4 is 10.0 Å². The first-order valence-corrected chi connectivity index (χ1v) is 14.3. The van der Waals surface area contributed by atoms with Crippen LogP contribution in [0.15, 0.2) is 90.1 Å². The number of para-hydroxylation sites is 2. The average molecular weight is 545 g/mol. The molecule has 0 saturated carbocycles. The minimum absolute atomic E-state index is 0.195. The molecule has 39 heavy (non-hydrogen) atoms. The predicted octanol–water partition coefficient (Wildman–Crippen LogP) is 4.22. The standard InChI is InChI=1S/C30H32N4O4S/c1-20-11-13-24(14-12-20)39(36,37)34-23(15-21-17-31-27-9-5-3-7-25(21)27)19-33-29(30(35)38-2)16-22-18-32-28-10-6-4-8-26(22)28/h3-14,17-18,23,29,31-34H,15-16,19H2,1-2H3/t23-,29-/m0/s1. The molecule has 0 unspecified atom stereocenters. The summed E-state index contributed by atoms with van der Waals surface area (Å²) in [5, 5.41) is 5.35. The summed E-state index contributed by atoms with van der Waals surface area (Å²) in [5.74, 6) is -0.410. The molecular formula is C30H32N4O4S. The maximum absolute atomic E-state index is 13.3. The third-order valence-corrected chi connectivity index (χ3v) is 8.53. The Kier molecular flexibility index (Phi) is 7.83. The van der Waals surface area contributed by atoms with Crippen LogP contribution in [0.25, 0.3) is 21.8 Å². The quantitative estimate of drug-likeness (QED) is 0.186. The largest absolute Gasteiger partial charge is 0.468 e. The van der Waals surface area contributed by atoms with E-state index in [0.29, 0.717) is 12.8 Å². The van der Waals surface area contributed by atoms with Crippen molar-refractivity contribution >= 4 is 37.8 Å². The summed E-state index contributed by atoms with van der Waals surface area (Å²) in [6, 6.07) is 21.3. The van der Waals surface area contributed by atoms with Gasteiger partial charge in [-0.15, -0.1) is 0 Å². The molecule has 202 valence electrons. The minimum Gasteiger partial charge on any atom is -0.468 e. The van der Waals surface area contributed by atoms with E-state index in [-0.39, 0.29) is 11.4 Å². The molecule has 0 bridgehead atoms. The number of ether oxygens (including phenoxy) is 1. The van der Waals surface area contributed by atoms with Crippen molar-refractivity contribution in [3.63, 3.8) is 0 Å². The molecule has 2 atom stereocenters. The molecule has 2 heterocycles. The van der Waals surface area contributed by atoms with Crippen LogP contribution in [0.4, 0.5) is 0 Å². The molecule has 0 radical (unpaired) electrons. The van der Waals surface area contributed by atoms with Gasteiger partial charge in [-0.2, -0.15) is 0 Å². The highest BCUT2D eigenvalue weighted by Crippen LogP contribution is 2.21. The lowest BCUT2D eigenvalue weighted by Gasteiger charge is -2.23. The van der Waals surface area contributed by atoms with Crippen molar-refractivity contribution < 1.29 is 17.9 Å². The van der Waals surface area contributed by atoms with Gasteiger partial charge >= 0.3 is 5.97 Å². The molecule has 3 aromatic carbocycles. The van der Waals surface area contributed by atoms with Crippen LogP contribution in [-0.4, -0.2) is 50.1 Å². The maximum atomic E-state index is 13.3. The van der Waals surface area contributed by atoms with Crippen molar-refractivity contribution in [2.24, 2.45) is 0 Å². The van der Waals surface area contributed by atoms with Crippen molar-refractivity contribution in [2.45, 2.75) is 36.7 Å². The number of aryl methyl sites for hydroxylation is 1. The molecule has 0 aliphatic carbocycles. The summed E-state index contributed by atoms with van der Waals surface area (Å²) in [7, 11) is -2.45. The van der Waals surface area contributed by atoms with Crippen LogP contribution in [0.5, 0.6) is 0 Å². The molecule has 8 nitrogen and oxygen atoms in total.